The lowest BCUT2D eigenvalue weighted by molar-refractivity contribution is 0.583. The Morgan fingerprint density at radius 2 is 2.06 bits per heavy atom. The van der Waals surface area contributed by atoms with Gasteiger partial charge in [0.15, 0.2) is 0 Å². The van der Waals surface area contributed by atoms with E-state index in [-0.39, 0.29) is 0 Å². The number of aromatic nitrogens is 2. The van der Waals surface area contributed by atoms with Gasteiger partial charge in [-0.05, 0) is 39.7 Å². The third kappa shape index (κ3) is 2.50. The van der Waals surface area contributed by atoms with E-state index in [1.54, 1.807) is 12.3 Å². The van der Waals surface area contributed by atoms with Crippen LogP contribution >= 0.6 is 15.9 Å². The van der Waals surface area contributed by atoms with Gasteiger partial charge in [0.2, 0.25) is 5.95 Å². The van der Waals surface area contributed by atoms with Crippen molar-refractivity contribution in [3.05, 3.63) is 58.7 Å². The van der Waals surface area contributed by atoms with Crippen LogP contribution in [0.3, 0.4) is 0 Å². The fourth-order valence-electron chi connectivity index (χ4n) is 1.40. The third-order valence-electron chi connectivity index (χ3n) is 2.29. The molecule has 0 aliphatic heterocycles. The zero-order valence-corrected chi connectivity index (χ0v) is 10.4. The molecule has 2 heterocycles. The molecule has 0 aliphatic carbocycles. The average molecular weight is 294 g/mol. The molecule has 2 aromatic rings. The molecule has 0 atom stereocenters. The molecule has 0 unspecified atom stereocenters. The highest BCUT2D eigenvalue weighted by molar-refractivity contribution is 9.10. The molecule has 2 aromatic heterocycles. The Labute approximate surface area is 106 Å². The Balaban J connectivity index is 2.43. The van der Waals surface area contributed by atoms with Crippen molar-refractivity contribution >= 4 is 27.3 Å². The fourth-order valence-corrected chi connectivity index (χ4v) is 1.73. The molecule has 2 N–H and O–H groups in total. The quantitative estimate of drug-likeness (QED) is 0.866. The summed E-state index contributed by atoms with van der Waals surface area (Å²) >= 11 is 3.31. The first kappa shape index (κ1) is 11.7. The number of anilines is 1. The maximum absolute atomic E-state index is 12.7. The van der Waals surface area contributed by atoms with Crippen LogP contribution in [-0.4, -0.2) is 9.97 Å². The summed E-state index contributed by atoms with van der Waals surface area (Å²) in [6.07, 6.45) is 3.02. The van der Waals surface area contributed by atoms with E-state index >= 15 is 0 Å². The van der Waals surface area contributed by atoms with E-state index in [9.17, 15) is 4.39 Å². The smallest absolute Gasteiger partial charge is 0.212 e. The maximum Gasteiger partial charge on any atom is 0.212 e. The maximum atomic E-state index is 12.7. The lowest BCUT2D eigenvalue weighted by atomic mass is 10.0. The zero-order valence-electron chi connectivity index (χ0n) is 8.82. The predicted molar refractivity (Wildman–Crippen MR) is 68.7 cm³/mol. The third-order valence-corrected chi connectivity index (χ3v) is 2.72. The summed E-state index contributed by atoms with van der Waals surface area (Å²) in [6, 6.07) is 4.70. The molecular formula is C12H9BrFN3. The Kier molecular flexibility index (Phi) is 3.19. The van der Waals surface area contributed by atoms with Crippen LogP contribution in [0.15, 0.2) is 41.6 Å². The first-order chi connectivity index (χ1) is 8.08. The largest absolute Gasteiger partial charge is 0.383 e. The van der Waals surface area contributed by atoms with E-state index in [1.165, 1.54) is 12.3 Å². The molecule has 0 bridgehead atoms. The van der Waals surface area contributed by atoms with Crippen molar-refractivity contribution in [1.29, 1.82) is 0 Å². The van der Waals surface area contributed by atoms with Gasteiger partial charge in [0, 0.05) is 28.0 Å². The summed E-state index contributed by atoms with van der Waals surface area (Å²) in [5, 5.41) is 0. The Hall–Kier alpha value is -1.75. The number of halogens is 2. The zero-order chi connectivity index (χ0) is 12.4. The summed E-state index contributed by atoms with van der Waals surface area (Å²) in [5.41, 5.74) is 7.83. The van der Waals surface area contributed by atoms with Gasteiger partial charge in [-0.3, -0.25) is 0 Å². The second-order valence-electron chi connectivity index (χ2n) is 3.43. The monoisotopic (exact) mass is 293 g/mol. The van der Waals surface area contributed by atoms with Crippen molar-refractivity contribution in [3.8, 4) is 0 Å². The van der Waals surface area contributed by atoms with Gasteiger partial charge in [0.05, 0.1) is 0 Å². The summed E-state index contributed by atoms with van der Waals surface area (Å²) in [6.45, 7) is 3.92. The number of nitrogens with two attached hydrogens (primary N) is 1. The van der Waals surface area contributed by atoms with Gasteiger partial charge in [0.1, 0.15) is 5.82 Å². The van der Waals surface area contributed by atoms with Gasteiger partial charge >= 0.3 is 0 Å². The lowest BCUT2D eigenvalue weighted by Gasteiger charge is -2.08. The van der Waals surface area contributed by atoms with Gasteiger partial charge in [-0.2, -0.15) is 4.39 Å². The molecule has 0 radical (unpaired) electrons. The van der Waals surface area contributed by atoms with E-state index in [0.717, 1.165) is 4.47 Å². The van der Waals surface area contributed by atoms with Crippen LogP contribution < -0.4 is 5.73 Å². The molecule has 0 saturated heterocycles. The van der Waals surface area contributed by atoms with Gasteiger partial charge < -0.3 is 5.73 Å². The highest BCUT2D eigenvalue weighted by atomic mass is 79.9. The van der Waals surface area contributed by atoms with Crippen molar-refractivity contribution in [2.75, 3.05) is 5.73 Å². The SMILES string of the molecule is C=C(c1ccc(F)nc1)c1cc(Br)cnc1N. The summed E-state index contributed by atoms with van der Waals surface area (Å²) < 4.78 is 13.5. The van der Waals surface area contributed by atoms with Crippen molar-refractivity contribution in [2.45, 2.75) is 0 Å². The minimum absolute atomic E-state index is 0.377. The van der Waals surface area contributed by atoms with Crippen molar-refractivity contribution in [1.82, 2.24) is 9.97 Å². The number of pyridine rings is 2. The Bertz CT molecular complexity index is 566. The first-order valence-corrected chi connectivity index (χ1v) is 5.59. The van der Waals surface area contributed by atoms with Crippen molar-refractivity contribution < 1.29 is 4.39 Å². The van der Waals surface area contributed by atoms with Gasteiger partial charge in [-0.1, -0.05) is 6.58 Å². The number of nitrogens with zero attached hydrogens (tertiary/aromatic N) is 2. The van der Waals surface area contributed by atoms with Crippen LogP contribution in [0.2, 0.25) is 0 Å². The molecule has 2 rings (SSSR count). The van der Waals surface area contributed by atoms with E-state index in [1.807, 2.05) is 6.07 Å². The molecule has 3 nitrogen and oxygen atoms in total. The minimum Gasteiger partial charge on any atom is -0.383 e. The number of hydrogen-bond acceptors (Lipinski definition) is 3. The fraction of sp³-hybridized carbons (Fsp3) is 0. The predicted octanol–water partition coefficient (Wildman–Crippen LogP) is 3.02. The molecule has 0 fully saturated rings. The van der Waals surface area contributed by atoms with Crippen LogP contribution in [0, 0.1) is 5.95 Å². The van der Waals surface area contributed by atoms with Crippen molar-refractivity contribution in [2.24, 2.45) is 0 Å². The normalized spacial score (nSPS) is 10.2. The second-order valence-corrected chi connectivity index (χ2v) is 4.35. The molecule has 0 saturated carbocycles. The van der Waals surface area contributed by atoms with E-state index < -0.39 is 5.95 Å². The molecular weight excluding hydrogens is 285 g/mol. The highest BCUT2D eigenvalue weighted by Crippen LogP contribution is 2.27. The Morgan fingerprint density at radius 1 is 1.29 bits per heavy atom. The minimum atomic E-state index is -0.526. The first-order valence-electron chi connectivity index (χ1n) is 4.80. The molecule has 17 heavy (non-hydrogen) atoms. The van der Waals surface area contributed by atoms with E-state index in [2.05, 4.69) is 32.5 Å². The molecule has 86 valence electrons. The summed E-state index contributed by atoms with van der Waals surface area (Å²) in [5.74, 6) is -0.149. The highest BCUT2D eigenvalue weighted by Gasteiger charge is 2.08. The molecule has 5 heteroatoms. The number of hydrogen-bond donors (Lipinski definition) is 1. The number of nitrogen functional groups attached to an aromatic ring is 1. The van der Waals surface area contributed by atoms with Crippen molar-refractivity contribution in [3.63, 3.8) is 0 Å². The van der Waals surface area contributed by atoms with Crippen LogP contribution in [0.25, 0.3) is 5.57 Å². The summed E-state index contributed by atoms with van der Waals surface area (Å²) in [7, 11) is 0. The average Bonchev–Trinajstić information content (AvgIpc) is 2.32. The van der Waals surface area contributed by atoms with Gasteiger partial charge in [-0.25, -0.2) is 9.97 Å². The van der Waals surface area contributed by atoms with Crippen LogP contribution in [0.5, 0.6) is 0 Å². The van der Waals surface area contributed by atoms with Gasteiger partial charge in [-0.15, -0.1) is 0 Å². The van der Waals surface area contributed by atoms with E-state index in [4.69, 9.17) is 5.73 Å². The second kappa shape index (κ2) is 4.63. The lowest BCUT2D eigenvalue weighted by Crippen LogP contribution is -1.98. The van der Waals surface area contributed by atoms with E-state index in [0.29, 0.717) is 22.5 Å². The molecule has 0 amide bonds. The van der Waals surface area contributed by atoms with Crippen LogP contribution in [-0.2, 0) is 0 Å². The topological polar surface area (TPSA) is 51.8 Å². The Morgan fingerprint density at radius 3 is 2.71 bits per heavy atom. The standard InChI is InChI=1S/C12H9BrFN3/c1-7(8-2-3-11(14)16-5-8)10-4-9(13)6-17-12(10)15/h2-6H,1H2,(H2,15,17). The molecule has 0 aromatic carbocycles. The van der Waals surface area contributed by atoms with Gasteiger partial charge in [0.25, 0.3) is 0 Å². The summed E-state index contributed by atoms with van der Waals surface area (Å²) in [4.78, 5) is 7.60. The molecule has 0 spiro atoms. The molecule has 0 aliphatic rings. The van der Waals surface area contributed by atoms with Crippen LogP contribution in [0.1, 0.15) is 11.1 Å². The van der Waals surface area contributed by atoms with Crippen LogP contribution in [0.4, 0.5) is 10.2 Å². The number of rotatable bonds is 2.